The van der Waals surface area contributed by atoms with Gasteiger partial charge in [0, 0.05) is 12.6 Å². The van der Waals surface area contributed by atoms with E-state index in [-0.39, 0.29) is 5.75 Å². The van der Waals surface area contributed by atoms with Crippen molar-refractivity contribution in [2.24, 2.45) is 0 Å². The van der Waals surface area contributed by atoms with Crippen molar-refractivity contribution in [2.75, 3.05) is 7.05 Å². The number of rotatable bonds is 3. The van der Waals surface area contributed by atoms with E-state index >= 15 is 0 Å². The van der Waals surface area contributed by atoms with Crippen molar-refractivity contribution in [3.63, 3.8) is 0 Å². The number of phenols is 1. The Morgan fingerprint density at radius 3 is 2.50 bits per heavy atom. The molecule has 1 N–H and O–H groups in total. The van der Waals surface area contributed by atoms with Gasteiger partial charge < -0.3 is 14.6 Å². The highest BCUT2D eigenvalue weighted by atomic mass is 16.6. The molecule has 0 radical (unpaired) electrons. The maximum Gasteiger partial charge on any atom is 0.410 e. The normalized spacial score (nSPS) is 12.7. The number of likely N-dealkylation sites (N-methyl/N-ethyl adjacent to an activating group) is 1. The number of hydrogen-bond acceptors (Lipinski definition) is 4. The SMILES string of the molecule is Cc1ccc(O)c(C(C=O)N(C)C(=O)OC(C)(C)C)c1. The van der Waals surface area contributed by atoms with Crippen LogP contribution in [-0.2, 0) is 9.53 Å². The highest BCUT2D eigenvalue weighted by molar-refractivity contribution is 5.75. The van der Waals surface area contributed by atoms with Crippen LogP contribution in [0.25, 0.3) is 0 Å². The van der Waals surface area contributed by atoms with Crippen molar-refractivity contribution in [1.82, 2.24) is 4.90 Å². The van der Waals surface area contributed by atoms with Gasteiger partial charge in [-0.1, -0.05) is 11.6 Å². The molecule has 5 nitrogen and oxygen atoms in total. The predicted molar refractivity (Wildman–Crippen MR) is 75.6 cm³/mol. The van der Waals surface area contributed by atoms with Gasteiger partial charge in [-0.25, -0.2) is 4.79 Å². The molecule has 0 spiro atoms. The molecular weight excluding hydrogens is 258 g/mol. The molecule has 110 valence electrons. The van der Waals surface area contributed by atoms with Crippen LogP contribution in [0, 0.1) is 6.92 Å². The fraction of sp³-hybridized carbons (Fsp3) is 0.467. The van der Waals surface area contributed by atoms with Gasteiger partial charge in [-0.3, -0.25) is 4.90 Å². The molecule has 1 rings (SSSR count). The molecule has 0 aliphatic carbocycles. The summed E-state index contributed by atoms with van der Waals surface area (Å²) in [6, 6.07) is 4.03. The Hall–Kier alpha value is -2.04. The molecule has 0 bridgehead atoms. The first-order valence-electron chi connectivity index (χ1n) is 6.36. The van der Waals surface area contributed by atoms with Crippen LogP contribution >= 0.6 is 0 Å². The molecule has 1 atom stereocenters. The molecule has 1 aromatic carbocycles. The lowest BCUT2D eigenvalue weighted by Gasteiger charge is -2.28. The van der Waals surface area contributed by atoms with Gasteiger partial charge >= 0.3 is 6.09 Å². The third-order valence-electron chi connectivity index (χ3n) is 2.73. The largest absolute Gasteiger partial charge is 0.508 e. The quantitative estimate of drug-likeness (QED) is 0.864. The summed E-state index contributed by atoms with van der Waals surface area (Å²) < 4.78 is 5.22. The lowest BCUT2D eigenvalue weighted by molar-refractivity contribution is -0.112. The zero-order valence-corrected chi connectivity index (χ0v) is 12.5. The van der Waals surface area contributed by atoms with E-state index in [1.807, 2.05) is 6.92 Å². The predicted octanol–water partition coefficient (Wildman–Crippen LogP) is 2.81. The average Bonchev–Trinajstić information content (AvgIpc) is 2.32. The molecule has 1 aromatic rings. The zero-order chi connectivity index (χ0) is 15.5. The van der Waals surface area contributed by atoms with Crippen LogP contribution in [0.2, 0.25) is 0 Å². The number of aryl methyl sites for hydroxylation is 1. The number of aldehydes is 1. The van der Waals surface area contributed by atoms with Crippen LogP contribution in [0.1, 0.15) is 37.9 Å². The first-order chi connectivity index (χ1) is 9.15. The van der Waals surface area contributed by atoms with E-state index in [4.69, 9.17) is 4.74 Å². The van der Waals surface area contributed by atoms with Gasteiger partial charge in [0.15, 0.2) is 0 Å². The number of benzene rings is 1. The Kier molecular flexibility index (Phi) is 4.76. The second-order valence-electron chi connectivity index (χ2n) is 5.73. The van der Waals surface area contributed by atoms with E-state index in [0.29, 0.717) is 11.8 Å². The fourth-order valence-electron chi connectivity index (χ4n) is 1.73. The van der Waals surface area contributed by atoms with E-state index in [9.17, 15) is 14.7 Å². The van der Waals surface area contributed by atoms with Crippen LogP contribution in [0.15, 0.2) is 18.2 Å². The van der Waals surface area contributed by atoms with Gasteiger partial charge in [-0.15, -0.1) is 0 Å². The Morgan fingerprint density at radius 2 is 2.00 bits per heavy atom. The summed E-state index contributed by atoms with van der Waals surface area (Å²) in [5, 5.41) is 9.86. The Balaban J connectivity index is 3.04. The first-order valence-corrected chi connectivity index (χ1v) is 6.36. The third kappa shape index (κ3) is 3.98. The summed E-state index contributed by atoms with van der Waals surface area (Å²) in [5.74, 6) is -0.0249. The summed E-state index contributed by atoms with van der Waals surface area (Å²) in [5.41, 5.74) is 0.628. The Bertz CT molecular complexity index is 505. The number of aromatic hydroxyl groups is 1. The standard InChI is InChI=1S/C15H21NO4/c1-10-6-7-13(18)11(8-10)12(9-17)16(5)14(19)20-15(2,3)4/h6-9,12,18H,1-5H3. The van der Waals surface area contributed by atoms with Gasteiger partial charge in [-0.05, 0) is 39.8 Å². The van der Waals surface area contributed by atoms with Gasteiger partial charge in [0.05, 0.1) is 0 Å². The second-order valence-corrected chi connectivity index (χ2v) is 5.73. The molecule has 0 saturated heterocycles. The van der Waals surface area contributed by atoms with Crippen molar-refractivity contribution in [1.29, 1.82) is 0 Å². The van der Waals surface area contributed by atoms with Crippen LogP contribution in [0.3, 0.4) is 0 Å². The van der Waals surface area contributed by atoms with E-state index < -0.39 is 17.7 Å². The maximum absolute atomic E-state index is 12.0. The first kappa shape index (κ1) is 16.0. The van der Waals surface area contributed by atoms with Crippen molar-refractivity contribution in [3.05, 3.63) is 29.3 Å². The minimum atomic E-state index is -0.884. The van der Waals surface area contributed by atoms with Crippen molar-refractivity contribution >= 4 is 12.4 Å². The third-order valence-corrected chi connectivity index (χ3v) is 2.73. The van der Waals surface area contributed by atoms with Crippen LogP contribution < -0.4 is 0 Å². The van der Waals surface area contributed by atoms with E-state index in [2.05, 4.69) is 0 Å². The summed E-state index contributed by atoms with van der Waals surface area (Å²) in [6.45, 7) is 7.09. The molecule has 20 heavy (non-hydrogen) atoms. The molecular formula is C15H21NO4. The van der Waals surface area contributed by atoms with Gasteiger partial charge in [0.25, 0.3) is 0 Å². The van der Waals surface area contributed by atoms with Gasteiger partial charge in [0.1, 0.15) is 23.7 Å². The summed E-state index contributed by atoms with van der Waals surface area (Å²) in [6.07, 6.45) is -0.00574. The summed E-state index contributed by atoms with van der Waals surface area (Å²) in [4.78, 5) is 24.5. The molecule has 0 aromatic heterocycles. The monoisotopic (exact) mass is 279 g/mol. The number of phenolic OH excluding ortho intramolecular Hbond substituents is 1. The van der Waals surface area contributed by atoms with E-state index in [0.717, 1.165) is 5.56 Å². The van der Waals surface area contributed by atoms with E-state index in [1.54, 1.807) is 32.9 Å². The van der Waals surface area contributed by atoms with Crippen molar-refractivity contribution in [3.8, 4) is 5.75 Å². The summed E-state index contributed by atoms with van der Waals surface area (Å²) in [7, 11) is 1.47. The molecule has 0 fully saturated rings. The molecule has 0 aliphatic rings. The molecule has 0 aliphatic heterocycles. The number of ether oxygens (including phenoxy) is 1. The fourth-order valence-corrected chi connectivity index (χ4v) is 1.73. The Labute approximate surface area is 119 Å². The average molecular weight is 279 g/mol. The lowest BCUT2D eigenvalue weighted by atomic mass is 10.0. The molecule has 0 heterocycles. The minimum Gasteiger partial charge on any atom is -0.508 e. The highest BCUT2D eigenvalue weighted by Crippen LogP contribution is 2.28. The second kappa shape index (κ2) is 5.94. The maximum atomic E-state index is 12.0. The zero-order valence-electron chi connectivity index (χ0n) is 12.5. The number of carbonyl (C=O) groups is 2. The molecule has 1 amide bonds. The van der Waals surface area contributed by atoms with Crippen LogP contribution in [0.4, 0.5) is 4.79 Å². The van der Waals surface area contributed by atoms with Gasteiger partial charge in [-0.2, -0.15) is 0 Å². The van der Waals surface area contributed by atoms with Crippen LogP contribution in [-0.4, -0.2) is 35.0 Å². The molecule has 5 heteroatoms. The summed E-state index contributed by atoms with van der Waals surface area (Å²) >= 11 is 0. The topological polar surface area (TPSA) is 66.8 Å². The van der Waals surface area contributed by atoms with Crippen LogP contribution in [0.5, 0.6) is 5.75 Å². The van der Waals surface area contributed by atoms with Crippen molar-refractivity contribution in [2.45, 2.75) is 39.3 Å². The lowest BCUT2D eigenvalue weighted by Crippen LogP contribution is -2.37. The Morgan fingerprint density at radius 1 is 1.40 bits per heavy atom. The number of hydrogen-bond donors (Lipinski definition) is 1. The van der Waals surface area contributed by atoms with E-state index in [1.165, 1.54) is 18.0 Å². The van der Waals surface area contributed by atoms with Crippen molar-refractivity contribution < 1.29 is 19.4 Å². The number of nitrogens with zero attached hydrogens (tertiary/aromatic N) is 1. The smallest absolute Gasteiger partial charge is 0.410 e. The van der Waals surface area contributed by atoms with Gasteiger partial charge in [0.2, 0.25) is 0 Å². The molecule has 1 unspecified atom stereocenters. The number of carbonyl (C=O) groups excluding carboxylic acids is 2. The minimum absolute atomic E-state index is 0.0249. The highest BCUT2D eigenvalue weighted by Gasteiger charge is 2.27. The molecule has 0 saturated carbocycles. The number of amides is 1.